The Morgan fingerprint density at radius 1 is 1.45 bits per heavy atom. The van der Waals surface area contributed by atoms with E-state index in [0.29, 0.717) is 5.76 Å². The molecule has 0 amide bonds. The zero-order valence-corrected chi connectivity index (χ0v) is 8.53. The molecule has 0 saturated heterocycles. The predicted octanol–water partition coefficient (Wildman–Crippen LogP) is 1.06. The van der Waals surface area contributed by atoms with Gasteiger partial charge in [-0.3, -0.25) is 0 Å². The van der Waals surface area contributed by atoms with Crippen LogP contribution in [0, 0.1) is 0 Å². The summed E-state index contributed by atoms with van der Waals surface area (Å²) >= 11 is 0. The van der Waals surface area contributed by atoms with E-state index in [2.05, 4.69) is 4.74 Å². The number of hydrogen-bond acceptors (Lipinski definition) is 3. The molecule has 0 aliphatic heterocycles. The summed E-state index contributed by atoms with van der Waals surface area (Å²) < 4.78 is 9.74. The van der Waals surface area contributed by atoms with E-state index in [1.54, 1.807) is 6.92 Å². The van der Waals surface area contributed by atoms with E-state index in [0.717, 1.165) is 0 Å². The fourth-order valence-corrected chi connectivity index (χ4v) is 1.44. The Balaban J connectivity index is 3.90. The van der Waals surface area contributed by atoms with Gasteiger partial charge in [0.05, 0.1) is 18.9 Å². The van der Waals surface area contributed by atoms with Crippen LogP contribution in [0.3, 0.4) is 0 Å². The molecule has 0 fully saturated rings. The summed E-state index contributed by atoms with van der Waals surface area (Å²) in [6, 6.07) is 0. The Kier molecular flexibility index (Phi) is 4.61. The van der Waals surface area contributed by atoms with Crippen LogP contribution in [0.15, 0.2) is 11.8 Å². The van der Waals surface area contributed by atoms with E-state index in [1.807, 2.05) is 13.1 Å². The molecule has 0 spiro atoms. The van der Waals surface area contributed by atoms with Crippen molar-refractivity contribution < 1.29 is 14.0 Å². The van der Waals surface area contributed by atoms with Gasteiger partial charge in [-0.25, -0.2) is 4.79 Å². The van der Waals surface area contributed by atoms with Crippen LogP contribution >= 0.6 is 0 Å². The Morgan fingerprint density at radius 2 is 2.00 bits per heavy atom. The minimum absolute atomic E-state index is 0.364. The first kappa shape index (κ1) is 10.2. The van der Waals surface area contributed by atoms with Gasteiger partial charge in [-0.2, -0.15) is 0 Å². The van der Waals surface area contributed by atoms with Crippen molar-refractivity contribution in [3.8, 4) is 0 Å². The van der Waals surface area contributed by atoms with Crippen molar-refractivity contribution >= 4 is 15.0 Å². The molecule has 0 saturated carbocycles. The molecule has 0 N–H and O–H groups in total. The van der Waals surface area contributed by atoms with Crippen molar-refractivity contribution in [3.05, 3.63) is 11.8 Å². The highest BCUT2D eigenvalue weighted by Gasteiger charge is 1.99. The number of hydrogen-bond donors (Lipinski definition) is 0. The number of esters is 1. The van der Waals surface area contributed by atoms with Crippen molar-refractivity contribution in [1.29, 1.82) is 0 Å². The van der Waals surface area contributed by atoms with Crippen molar-refractivity contribution in [2.75, 3.05) is 7.11 Å². The van der Waals surface area contributed by atoms with Crippen LogP contribution in [-0.4, -0.2) is 22.1 Å². The molecule has 0 aromatic rings. The van der Waals surface area contributed by atoms with E-state index in [4.69, 9.17) is 4.43 Å². The highest BCUT2D eigenvalue weighted by molar-refractivity contribution is 6.48. The van der Waals surface area contributed by atoms with Crippen LogP contribution in [0.25, 0.3) is 0 Å². The molecule has 0 heterocycles. The van der Waals surface area contributed by atoms with Crippen LogP contribution in [0.4, 0.5) is 0 Å². The molecule has 64 valence electrons. The van der Waals surface area contributed by atoms with Gasteiger partial charge in [0.15, 0.2) is 0 Å². The molecule has 0 radical (unpaired) electrons. The topological polar surface area (TPSA) is 35.5 Å². The van der Waals surface area contributed by atoms with Gasteiger partial charge in [0.1, 0.15) is 0 Å². The lowest BCUT2D eigenvalue weighted by Crippen LogP contribution is -2.07. The molecule has 0 aliphatic rings. The van der Waals surface area contributed by atoms with Gasteiger partial charge in [0, 0.05) is 0 Å². The zero-order valence-electron chi connectivity index (χ0n) is 7.38. The standard InChI is InChI=1S/C7H14O3Si/c1-6(10-11(3)4)5-7(8)9-2/h5,11H,1-4H3/b6-5+. The maximum atomic E-state index is 10.6. The average molecular weight is 174 g/mol. The Bertz CT molecular complexity index is 163. The summed E-state index contributed by atoms with van der Waals surface area (Å²) in [5.41, 5.74) is 0. The molecule has 0 aromatic heterocycles. The molecule has 4 heteroatoms. The van der Waals surface area contributed by atoms with Crippen LogP contribution in [0.5, 0.6) is 0 Å². The van der Waals surface area contributed by atoms with E-state index in [-0.39, 0.29) is 5.97 Å². The molecule has 0 aromatic carbocycles. The lowest BCUT2D eigenvalue weighted by Gasteiger charge is -2.07. The van der Waals surface area contributed by atoms with Gasteiger partial charge in [0.2, 0.25) is 9.04 Å². The molecule has 0 rings (SSSR count). The van der Waals surface area contributed by atoms with Gasteiger partial charge in [-0.05, 0) is 20.0 Å². The maximum absolute atomic E-state index is 10.6. The molecule has 0 unspecified atom stereocenters. The lowest BCUT2D eigenvalue weighted by atomic mass is 10.5. The second-order valence-corrected chi connectivity index (χ2v) is 4.78. The van der Waals surface area contributed by atoms with Crippen LogP contribution in [0.2, 0.25) is 13.1 Å². The minimum Gasteiger partial charge on any atom is -0.550 e. The highest BCUT2D eigenvalue weighted by Crippen LogP contribution is 1.98. The number of rotatable bonds is 3. The Hall–Kier alpha value is -0.773. The first-order valence-electron chi connectivity index (χ1n) is 3.49. The van der Waals surface area contributed by atoms with Gasteiger partial charge in [0.25, 0.3) is 0 Å². The predicted molar refractivity (Wildman–Crippen MR) is 45.7 cm³/mol. The van der Waals surface area contributed by atoms with Crippen molar-refractivity contribution in [1.82, 2.24) is 0 Å². The van der Waals surface area contributed by atoms with E-state index in [9.17, 15) is 4.79 Å². The maximum Gasteiger partial charge on any atom is 0.333 e. The first-order valence-corrected chi connectivity index (χ1v) is 6.27. The second kappa shape index (κ2) is 4.95. The third-order valence-electron chi connectivity index (χ3n) is 0.944. The minimum atomic E-state index is -1.07. The lowest BCUT2D eigenvalue weighted by molar-refractivity contribution is -0.135. The second-order valence-electron chi connectivity index (χ2n) is 2.44. The summed E-state index contributed by atoms with van der Waals surface area (Å²) in [6.45, 7) is 5.83. The average Bonchev–Trinajstić information content (AvgIpc) is 1.85. The fourth-order valence-electron chi connectivity index (χ4n) is 0.631. The van der Waals surface area contributed by atoms with Crippen LogP contribution in [0.1, 0.15) is 6.92 Å². The number of ether oxygens (including phenoxy) is 1. The monoisotopic (exact) mass is 174 g/mol. The molecule has 0 bridgehead atoms. The highest BCUT2D eigenvalue weighted by atomic mass is 28.3. The van der Waals surface area contributed by atoms with Gasteiger partial charge >= 0.3 is 5.97 Å². The summed E-state index contributed by atoms with van der Waals surface area (Å²) in [4.78, 5) is 10.6. The summed E-state index contributed by atoms with van der Waals surface area (Å²) in [6.07, 6.45) is 1.35. The van der Waals surface area contributed by atoms with Crippen molar-refractivity contribution in [3.63, 3.8) is 0 Å². The van der Waals surface area contributed by atoms with Gasteiger partial charge < -0.3 is 9.16 Å². The van der Waals surface area contributed by atoms with Crippen molar-refractivity contribution in [2.24, 2.45) is 0 Å². The Labute approximate surface area is 68.7 Å². The van der Waals surface area contributed by atoms with Gasteiger partial charge in [-0.1, -0.05) is 0 Å². The SMILES string of the molecule is COC(=O)/C=C(\C)O[SiH](C)C. The summed E-state index contributed by atoms with van der Waals surface area (Å²) in [5, 5.41) is 0. The fraction of sp³-hybridized carbons (Fsp3) is 0.571. The normalized spacial score (nSPS) is 11.5. The summed E-state index contributed by atoms with van der Waals surface area (Å²) in [7, 11) is 0.272. The molecular weight excluding hydrogens is 160 g/mol. The molecule has 11 heavy (non-hydrogen) atoms. The van der Waals surface area contributed by atoms with Crippen molar-refractivity contribution in [2.45, 2.75) is 20.0 Å². The van der Waals surface area contributed by atoms with E-state index in [1.165, 1.54) is 13.2 Å². The quantitative estimate of drug-likeness (QED) is 0.278. The smallest absolute Gasteiger partial charge is 0.333 e. The van der Waals surface area contributed by atoms with E-state index < -0.39 is 9.04 Å². The molecule has 0 atom stereocenters. The van der Waals surface area contributed by atoms with Gasteiger partial charge in [-0.15, -0.1) is 0 Å². The first-order chi connectivity index (χ1) is 5.06. The van der Waals surface area contributed by atoms with Crippen LogP contribution in [-0.2, 0) is 14.0 Å². The largest absolute Gasteiger partial charge is 0.550 e. The van der Waals surface area contributed by atoms with E-state index >= 15 is 0 Å². The van der Waals surface area contributed by atoms with Crippen LogP contribution < -0.4 is 0 Å². The molecule has 0 aliphatic carbocycles. The third kappa shape index (κ3) is 5.66. The number of methoxy groups -OCH3 is 1. The molecule has 3 nitrogen and oxygen atoms in total. The molecular formula is C7H14O3Si. The third-order valence-corrected chi connectivity index (χ3v) is 1.79. The number of carbonyl (C=O) groups excluding carboxylic acids is 1. The number of allylic oxidation sites excluding steroid dienone is 1. The Morgan fingerprint density at radius 3 is 2.36 bits per heavy atom. The number of carbonyl (C=O) groups is 1. The zero-order chi connectivity index (χ0) is 8.85. The summed E-state index contributed by atoms with van der Waals surface area (Å²) in [5.74, 6) is 0.274.